The number of hydrogen-bond donors (Lipinski definition) is 1. The Labute approximate surface area is 148 Å². The lowest BCUT2D eigenvalue weighted by molar-refractivity contribution is -0.131. The molecule has 1 aromatic rings. The maximum absolute atomic E-state index is 12.4. The lowest BCUT2D eigenvalue weighted by atomic mass is 10.1. The molecular weight excluding hydrogens is 344 g/mol. The summed E-state index contributed by atoms with van der Waals surface area (Å²) in [6.45, 7) is 2.81. The topological polar surface area (TPSA) is 90.0 Å². The lowest BCUT2D eigenvalue weighted by Crippen LogP contribution is -2.53. The van der Waals surface area contributed by atoms with E-state index in [9.17, 15) is 18.0 Å². The third-order valence-corrected chi connectivity index (χ3v) is 5.95. The second-order valence-corrected chi connectivity index (χ2v) is 8.27. The summed E-state index contributed by atoms with van der Waals surface area (Å²) in [4.78, 5) is 25.1. The van der Waals surface area contributed by atoms with Crippen molar-refractivity contribution in [2.45, 2.75) is 13.3 Å². The van der Waals surface area contributed by atoms with Gasteiger partial charge in [-0.3, -0.25) is 9.59 Å². The van der Waals surface area contributed by atoms with Crippen LogP contribution < -0.4 is 5.32 Å². The quantitative estimate of drug-likeness (QED) is 0.800. The number of amides is 2. The zero-order valence-electron chi connectivity index (χ0n) is 14.7. The predicted molar refractivity (Wildman–Crippen MR) is 95.2 cm³/mol. The van der Waals surface area contributed by atoms with Crippen LogP contribution in [-0.2, 0) is 26.2 Å². The molecule has 138 valence electrons. The molecule has 0 bridgehead atoms. The van der Waals surface area contributed by atoms with Crippen LogP contribution in [0.15, 0.2) is 24.3 Å². The summed E-state index contributed by atoms with van der Waals surface area (Å²) in [5.41, 5.74) is 1.54. The molecule has 1 fully saturated rings. The number of nitrogens with zero attached hydrogens (tertiary/aromatic N) is 3. The first-order chi connectivity index (χ1) is 11.7. The fraction of sp³-hybridized carbons (Fsp3) is 0.500. The van der Waals surface area contributed by atoms with Gasteiger partial charge in [-0.2, -0.15) is 17.0 Å². The lowest BCUT2D eigenvalue weighted by Gasteiger charge is -2.35. The third kappa shape index (κ3) is 5.00. The maximum Gasteiger partial charge on any atom is 0.281 e. The smallest absolute Gasteiger partial charge is 0.281 e. The minimum Gasteiger partial charge on any atom is -0.340 e. The summed E-state index contributed by atoms with van der Waals surface area (Å²) in [6.07, 6.45) is 0.251. The zero-order valence-corrected chi connectivity index (χ0v) is 15.5. The van der Waals surface area contributed by atoms with E-state index in [2.05, 4.69) is 5.32 Å². The Morgan fingerprint density at radius 2 is 1.64 bits per heavy atom. The largest absolute Gasteiger partial charge is 0.340 e. The van der Waals surface area contributed by atoms with Crippen LogP contribution in [0, 0.1) is 0 Å². The van der Waals surface area contributed by atoms with E-state index in [1.54, 1.807) is 29.2 Å². The Hall–Kier alpha value is -1.97. The molecule has 1 aliphatic rings. The molecule has 9 heteroatoms. The van der Waals surface area contributed by atoms with Gasteiger partial charge < -0.3 is 10.2 Å². The van der Waals surface area contributed by atoms with Crippen LogP contribution in [0.3, 0.4) is 0 Å². The number of carbonyl (C=O) groups is 2. The van der Waals surface area contributed by atoms with E-state index < -0.39 is 10.2 Å². The van der Waals surface area contributed by atoms with Crippen molar-refractivity contribution < 1.29 is 18.0 Å². The van der Waals surface area contributed by atoms with Crippen molar-refractivity contribution in [3.05, 3.63) is 29.8 Å². The van der Waals surface area contributed by atoms with Crippen LogP contribution in [0.4, 0.5) is 5.69 Å². The molecule has 1 saturated heterocycles. The molecule has 2 amide bonds. The van der Waals surface area contributed by atoms with Crippen molar-refractivity contribution in [2.24, 2.45) is 0 Å². The molecular formula is C16H24N4O4S. The SMILES string of the molecule is CC(=O)Nc1ccc(CC(=O)N2CCN(S(=O)(=O)N(C)C)CC2)cc1. The van der Waals surface area contributed by atoms with Crippen LogP contribution in [0.25, 0.3) is 0 Å². The number of carbonyl (C=O) groups excluding carboxylic acids is 2. The van der Waals surface area contributed by atoms with Crippen molar-refractivity contribution in [3.8, 4) is 0 Å². The van der Waals surface area contributed by atoms with E-state index in [1.807, 2.05) is 0 Å². The third-order valence-electron chi connectivity index (χ3n) is 4.01. The summed E-state index contributed by atoms with van der Waals surface area (Å²) in [6, 6.07) is 7.11. The monoisotopic (exact) mass is 368 g/mol. The number of hydrogen-bond acceptors (Lipinski definition) is 4. The van der Waals surface area contributed by atoms with Crippen LogP contribution in [0.5, 0.6) is 0 Å². The van der Waals surface area contributed by atoms with Gasteiger partial charge >= 0.3 is 0 Å². The second kappa shape index (κ2) is 7.94. The predicted octanol–water partition coefficient (Wildman–Crippen LogP) is 0.138. The highest BCUT2D eigenvalue weighted by Crippen LogP contribution is 2.13. The summed E-state index contributed by atoms with van der Waals surface area (Å²) in [5, 5.41) is 2.68. The van der Waals surface area contributed by atoms with E-state index in [0.29, 0.717) is 31.9 Å². The first-order valence-corrected chi connectivity index (χ1v) is 9.42. The van der Waals surface area contributed by atoms with Crippen molar-refractivity contribution in [2.75, 3.05) is 45.6 Å². The zero-order chi connectivity index (χ0) is 18.6. The van der Waals surface area contributed by atoms with Gasteiger partial charge in [0.25, 0.3) is 10.2 Å². The number of anilines is 1. The number of piperazine rings is 1. The van der Waals surface area contributed by atoms with E-state index >= 15 is 0 Å². The first kappa shape index (κ1) is 19.4. The standard InChI is InChI=1S/C16H24N4O4S/c1-13(21)17-15-6-4-14(5-7-15)12-16(22)19-8-10-20(11-9-19)25(23,24)18(2)3/h4-7H,8-12H2,1-3H3,(H,17,21). The minimum atomic E-state index is -3.43. The van der Waals surface area contributed by atoms with Crippen LogP contribution >= 0.6 is 0 Å². The average Bonchev–Trinajstić information content (AvgIpc) is 2.56. The maximum atomic E-state index is 12.4. The van der Waals surface area contributed by atoms with E-state index in [4.69, 9.17) is 0 Å². The average molecular weight is 368 g/mol. The Balaban J connectivity index is 1.89. The molecule has 2 rings (SSSR count). The number of rotatable bonds is 5. The Bertz CT molecular complexity index is 723. The fourth-order valence-electron chi connectivity index (χ4n) is 2.59. The molecule has 0 aromatic heterocycles. The molecule has 0 saturated carbocycles. The van der Waals surface area contributed by atoms with Crippen LogP contribution in [0.2, 0.25) is 0 Å². The van der Waals surface area contributed by atoms with Crippen LogP contribution in [-0.4, -0.2) is 74.0 Å². The molecule has 1 aromatic carbocycles. The van der Waals surface area contributed by atoms with Gasteiger partial charge in [0.2, 0.25) is 11.8 Å². The number of nitrogens with one attached hydrogen (secondary N) is 1. The van der Waals surface area contributed by atoms with Gasteiger partial charge in [0.15, 0.2) is 0 Å². The van der Waals surface area contributed by atoms with Gasteiger partial charge in [-0.05, 0) is 17.7 Å². The number of benzene rings is 1. The second-order valence-electron chi connectivity index (χ2n) is 6.12. The van der Waals surface area contributed by atoms with Gasteiger partial charge in [-0.1, -0.05) is 12.1 Å². The van der Waals surface area contributed by atoms with Crippen molar-refractivity contribution in [3.63, 3.8) is 0 Å². The summed E-state index contributed by atoms with van der Waals surface area (Å²) in [5.74, 6) is -0.177. The molecule has 8 nitrogen and oxygen atoms in total. The minimum absolute atomic E-state index is 0.0332. The molecule has 1 heterocycles. The van der Waals surface area contributed by atoms with Crippen molar-refractivity contribution in [1.29, 1.82) is 0 Å². The molecule has 1 N–H and O–H groups in total. The highest BCUT2D eigenvalue weighted by atomic mass is 32.2. The van der Waals surface area contributed by atoms with E-state index in [1.165, 1.54) is 29.6 Å². The molecule has 1 aliphatic heterocycles. The molecule has 0 spiro atoms. The van der Waals surface area contributed by atoms with E-state index in [0.717, 1.165) is 5.56 Å². The highest BCUT2D eigenvalue weighted by molar-refractivity contribution is 7.86. The van der Waals surface area contributed by atoms with Gasteiger partial charge in [0.1, 0.15) is 0 Å². The fourth-order valence-corrected chi connectivity index (χ4v) is 3.68. The van der Waals surface area contributed by atoms with Gasteiger partial charge in [-0.25, -0.2) is 0 Å². The molecule has 0 radical (unpaired) electrons. The molecule has 0 atom stereocenters. The van der Waals surface area contributed by atoms with Gasteiger partial charge in [0, 0.05) is 52.9 Å². The van der Waals surface area contributed by atoms with Crippen molar-refractivity contribution in [1.82, 2.24) is 13.5 Å². The van der Waals surface area contributed by atoms with Crippen LogP contribution in [0.1, 0.15) is 12.5 Å². The Morgan fingerprint density at radius 3 is 2.12 bits per heavy atom. The summed E-state index contributed by atoms with van der Waals surface area (Å²) in [7, 11) is -0.433. The molecule has 25 heavy (non-hydrogen) atoms. The summed E-state index contributed by atoms with van der Waals surface area (Å²) >= 11 is 0. The molecule has 0 aliphatic carbocycles. The van der Waals surface area contributed by atoms with Crippen molar-refractivity contribution >= 4 is 27.7 Å². The molecule has 0 unspecified atom stereocenters. The Kier molecular flexibility index (Phi) is 6.15. The van der Waals surface area contributed by atoms with Gasteiger partial charge in [-0.15, -0.1) is 0 Å². The van der Waals surface area contributed by atoms with E-state index in [-0.39, 0.29) is 18.2 Å². The normalized spacial score (nSPS) is 16.1. The van der Waals surface area contributed by atoms with Gasteiger partial charge in [0.05, 0.1) is 6.42 Å². The summed E-state index contributed by atoms with van der Waals surface area (Å²) < 4.78 is 26.7. The Morgan fingerprint density at radius 1 is 1.08 bits per heavy atom. The first-order valence-electron chi connectivity index (χ1n) is 8.02. The highest BCUT2D eigenvalue weighted by Gasteiger charge is 2.30.